The number of hydrogen-bond donors (Lipinski definition) is 2. The number of carbonyl (C=O) groups excluding carboxylic acids is 1. The highest BCUT2D eigenvalue weighted by Gasteiger charge is 2.23. The van der Waals surface area contributed by atoms with Gasteiger partial charge in [0.15, 0.2) is 5.75 Å². The van der Waals surface area contributed by atoms with E-state index in [2.05, 4.69) is 24.0 Å². The van der Waals surface area contributed by atoms with Gasteiger partial charge in [-0.3, -0.25) is 4.79 Å². The molecule has 0 fully saturated rings. The summed E-state index contributed by atoms with van der Waals surface area (Å²) in [5.74, 6) is 0.187. The Bertz CT molecular complexity index is 1140. The zero-order valence-corrected chi connectivity index (χ0v) is 21.6. The Morgan fingerprint density at radius 3 is 2.22 bits per heavy atom. The molecule has 190 valence electrons. The molecule has 2 N–H and O–H groups in total. The van der Waals surface area contributed by atoms with Crippen LogP contribution in [0.1, 0.15) is 41.9 Å². The third-order valence-corrected chi connectivity index (χ3v) is 5.26. The van der Waals surface area contributed by atoms with Crippen molar-refractivity contribution >= 4 is 18.1 Å². The van der Waals surface area contributed by atoms with Gasteiger partial charge in [-0.15, -0.1) is 0 Å². The Kier molecular flexibility index (Phi) is 12.1. The summed E-state index contributed by atoms with van der Waals surface area (Å²) in [6, 6.07) is 18.2. The van der Waals surface area contributed by atoms with Gasteiger partial charge >= 0.3 is 0 Å². The van der Waals surface area contributed by atoms with Crippen LogP contribution >= 0.6 is 0 Å². The Balaban J connectivity index is 0.000000572. The Hall–Kier alpha value is -3.74. The molecule has 1 amide bonds. The van der Waals surface area contributed by atoms with Crippen LogP contribution in [-0.2, 0) is 4.74 Å². The van der Waals surface area contributed by atoms with Crippen LogP contribution in [0.3, 0.4) is 0 Å². The maximum Gasteiger partial charge on any atom is 0.255 e. The quantitative estimate of drug-likeness (QED) is 0.349. The summed E-state index contributed by atoms with van der Waals surface area (Å²) in [6.45, 7) is 9.20. The number of aliphatic hydroxyl groups is 1. The van der Waals surface area contributed by atoms with Crippen LogP contribution in [0.5, 0.6) is 5.75 Å². The lowest BCUT2D eigenvalue weighted by atomic mass is 9.97. The first-order chi connectivity index (χ1) is 17.6. The van der Waals surface area contributed by atoms with Crippen LogP contribution in [-0.4, -0.2) is 50.0 Å². The van der Waals surface area contributed by atoms with Crippen molar-refractivity contribution in [3.63, 3.8) is 0 Å². The van der Waals surface area contributed by atoms with E-state index in [0.717, 1.165) is 29.7 Å². The minimum Gasteiger partial charge on any atom is -0.494 e. The van der Waals surface area contributed by atoms with Crippen LogP contribution in [0.2, 0.25) is 0 Å². The minimum atomic E-state index is -0.243. The maximum absolute atomic E-state index is 12.7. The molecule has 0 saturated carbocycles. The molecule has 0 radical (unpaired) electrons. The number of amides is 1. The molecule has 0 saturated heterocycles. The van der Waals surface area contributed by atoms with Gasteiger partial charge in [0.2, 0.25) is 0 Å². The Morgan fingerprint density at radius 2 is 1.69 bits per heavy atom. The van der Waals surface area contributed by atoms with Gasteiger partial charge in [-0.25, -0.2) is 4.98 Å². The topological polar surface area (TPSA) is 80.7 Å². The van der Waals surface area contributed by atoms with Gasteiger partial charge in [-0.2, -0.15) is 0 Å². The van der Waals surface area contributed by atoms with E-state index in [9.17, 15) is 4.79 Å². The number of benzene rings is 2. The van der Waals surface area contributed by atoms with Crippen LogP contribution < -0.4 is 10.1 Å². The summed E-state index contributed by atoms with van der Waals surface area (Å²) < 4.78 is 10.5. The van der Waals surface area contributed by atoms with Crippen molar-refractivity contribution in [2.24, 2.45) is 0 Å². The van der Waals surface area contributed by atoms with Crippen molar-refractivity contribution in [1.82, 2.24) is 10.3 Å². The highest BCUT2D eigenvalue weighted by Crippen LogP contribution is 2.36. The highest BCUT2D eigenvalue weighted by atomic mass is 16.5. The van der Waals surface area contributed by atoms with Crippen LogP contribution in [0, 0.1) is 0 Å². The third kappa shape index (κ3) is 7.38. The Labute approximate surface area is 214 Å². The molecule has 0 spiro atoms. The largest absolute Gasteiger partial charge is 0.494 e. The van der Waals surface area contributed by atoms with Crippen molar-refractivity contribution in [2.45, 2.75) is 20.3 Å². The molecular weight excluding hydrogens is 452 g/mol. The van der Waals surface area contributed by atoms with Gasteiger partial charge in [0, 0.05) is 24.8 Å². The molecule has 0 aliphatic heterocycles. The number of aromatic nitrogens is 1. The first kappa shape index (κ1) is 28.5. The summed E-state index contributed by atoms with van der Waals surface area (Å²) >= 11 is 0. The fourth-order valence-electron chi connectivity index (χ4n) is 3.60. The number of methoxy groups -OCH3 is 1. The number of nitrogens with zero attached hydrogens (tertiary/aromatic N) is 1. The van der Waals surface area contributed by atoms with E-state index in [1.807, 2.05) is 68.5 Å². The summed E-state index contributed by atoms with van der Waals surface area (Å²) in [5, 5.41) is 10.9. The molecule has 1 heterocycles. The molecule has 0 aliphatic carbocycles. The maximum atomic E-state index is 12.7. The van der Waals surface area contributed by atoms with E-state index in [0.29, 0.717) is 34.9 Å². The van der Waals surface area contributed by atoms with Crippen LogP contribution in [0.4, 0.5) is 0 Å². The van der Waals surface area contributed by atoms with Crippen LogP contribution in [0.15, 0.2) is 67.3 Å². The predicted molar refractivity (Wildman–Crippen MR) is 148 cm³/mol. The minimum absolute atomic E-state index is 0.139. The molecule has 3 aromatic rings. The number of nitrogens with one attached hydrogen (secondary N) is 1. The van der Waals surface area contributed by atoms with Crippen molar-refractivity contribution in [2.75, 3.05) is 34.0 Å². The first-order valence-corrected chi connectivity index (χ1v) is 12.0. The van der Waals surface area contributed by atoms with Crippen molar-refractivity contribution in [1.29, 1.82) is 0 Å². The zero-order valence-electron chi connectivity index (χ0n) is 21.6. The summed E-state index contributed by atoms with van der Waals surface area (Å²) in [6.07, 6.45) is 6.42. The fraction of sp³-hybridized carbons (Fsp3) is 0.267. The number of rotatable bonds is 10. The van der Waals surface area contributed by atoms with Gasteiger partial charge in [0.05, 0.1) is 31.6 Å². The zero-order chi connectivity index (χ0) is 26.3. The average molecular weight is 489 g/mol. The van der Waals surface area contributed by atoms with E-state index >= 15 is 0 Å². The molecule has 6 nitrogen and oxygen atoms in total. The lowest BCUT2D eigenvalue weighted by Gasteiger charge is -2.17. The second-order valence-electron chi connectivity index (χ2n) is 7.73. The van der Waals surface area contributed by atoms with Gasteiger partial charge < -0.3 is 19.9 Å². The summed E-state index contributed by atoms with van der Waals surface area (Å²) in [4.78, 5) is 17.5. The molecule has 6 heteroatoms. The van der Waals surface area contributed by atoms with Crippen molar-refractivity contribution in [3.05, 3.63) is 84.1 Å². The van der Waals surface area contributed by atoms with Crippen molar-refractivity contribution in [3.8, 4) is 28.1 Å². The number of allylic oxidation sites excluding steroid dienone is 1. The number of aliphatic hydroxyl groups excluding tert-OH is 1. The Morgan fingerprint density at radius 1 is 1.06 bits per heavy atom. The highest BCUT2D eigenvalue weighted by molar-refractivity contribution is 6.03. The van der Waals surface area contributed by atoms with Gasteiger partial charge in [-0.05, 0) is 30.5 Å². The monoisotopic (exact) mass is 488 g/mol. The average Bonchev–Trinajstić information content (AvgIpc) is 2.93. The molecule has 2 aromatic carbocycles. The smallest absolute Gasteiger partial charge is 0.255 e. The summed E-state index contributed by atoms with van der Waals surface area (Å²) in [7, 11) is 3.15. The summed E-state index contributed by atoms with van der Waals surface area (Å²) in [5.41, 5.74) is 5.47. The number of hydrogen-bond acceptors (Lipinski definition) is 5. The van der Waals surface area contributed by atoms with E-state index in [-0.39, 0.29) is 12.5 Å². The lowest BCUT2D eigenvalue weighted by molar-refractivity contribution is 0.0928. The lowest BCUT2D eigenvalue weighted by Crippen LogP contribution is -2.21. The number of ether oxygens (including phenoxy) is 2. The second kappa shape index (κ2) is 15.3. The molecule has 0 atom stereocenters. The number of carbonyl (C=O) groups is 1. The molecule has 0 unspecified atom stereocenters. The molecule has 3 rings (SSSR count). The van der Waals surface area contributed by atoms with Crippen molar-refractivity contribution < 1.29 is 19.4 Å². The van der Waals surface area contributed by atoms with Gasteiger partial charge in [0.25, 0.3) is 5.91 Å². The van der Waals surface area contributed by atoms with Gasteiger partial charge in [-0.1, -0.05) is 80.3 Å². The molecule has 0 aliphatic rings. The fourth-order valence-corrected chi connectivity index (χ4v) is 3.60. The normalized spacial score (nSPS) is 10.5. The van der Waals surface area contributed by atoms with E-state index < -0.39 is 0 Å². The molecule has 0 bridgehead atoms. The third-order valence-electron chi connectivity index (χ3n) is 5.26. The molecular formula is C30H36N2O4. The van der Waals surface area contributed by atoms with E-state index in [1.54, 1.807) is 20.2 Å². The van der Waals surface area contributed by atoms with Crippen LogP contribution in [0.25, 0.3) is 34.5 Å². The van der Waals surface area contributed by atoms with E-state index in [4.69, 9.17) is 19.6 Å². The predicted octanol–water partition coefficient (Wildman–Crippen LogP) is 5.87. The SMILES string of the molecule is C=Cc1c(/C=C\C)nc(-c2ccc(-c3ccccc3)cc2)c(OC)c1C(=O)NC.CCCOCCO. The standard InChI is InChI=1S/C25H24N2O2.C5H12O2/c1-5-10-21-20(6-2)22(25(28)26-3)24(29-4)23(27-21)19-15-13-18(14-16-19)17-11-8-7-9-12-17;1-2-4-7-5-3-6/h5-16H,2H2,1,3-4H3,(H,26,28);6H,2-5H2,1H3/b10-5-;. The van der Waals surface area contributed by atoms with E-state index in [1.165, 1.54) is 0 Å². The molecule has 36 heavy (non-hydrogen) atoms. The second-order valence-corrected chi connectivity index (χ2v) is 7.73. The number of pyridine rings is 1. The van der Waals surface area contributed by atoms with Gasteiger partial charge in [0.1, 0.15) is 5.69 Å². The first-order valence-electron chi connectivity index (χ1n) is 12.0. The molecule has 1 aromatic heterocycles.